The summed E-state index contributed by atoms with van der Waals surface area (Å²) in [5.41, 5.74) is 0.990. The normalized spacial score (nSPS) is 15.7. The maximum absolute atomic E-state index is 12.6. The van der Waals surface area contributed by atoms with Crippen molar-refractivity contribution in [3.63, 3.8) is 0 Å². The van der Waals surface area contributed by atoms with E-state index in [0.29, 0.717) is 13.2 Å². The molecule has 3 rings (SSSR count). The zero-order valence-electron chi connectivity index (χ0n) is 14.0. The second-order valence-electron chi connectivity index (χ2n) is 5.90. The minimum atomic E-state index is 0.00484. The Hall–Kier alpha value is -1.47. The quantitative estimate of drug-likeness (QED) is 0.781. The Morgan fingerprint density at radius 2 is 2.12 bits per heavy atom. The van der Waals surface area contributed by atoms with Gasteiger partial charge in [0, 0.05) is 37.0 Å². The summed E-state index contributed by atoms with van der Waals surface area (Å²) in [5.74, 6) is 0.00484. The first-order valence-corrected chi connectivity index (χ1v) is 9.19. The SMILES string of the molecule is COCc1c(C(=O)NCCCN2CCOCC2)sc2ccccc12. The van der Waals surface area contributed by atoms with Crippen LogP contribution in [0.1, 0.15) is 21.7 Å². The summed E-state index contributed by atoms with van der Waals surface area (Å²) in [6.45, 7) is 5.76. The Balaban J connectivity index is 1.58. The van der Waals surface area contributed by atoms with Crippen LogP contribution in [0.25, 0.3) is 10.1 Å². The summed E-state index contributed by atoms with van der Waals surface area (Å²) in [6.07, 6.45) is 0.955. The molecule has 6 heteroatoms. The second kappa shape index (κ2) is 8.58. The number of benzene rings is 1. The molecule has 0 radical (unpaired) electrons. The summed E-state index contributed by atoms with van der Waals surface area (Å²) < 4.78 is 11.8. The Morgan fingerprint density at radius 1 is 1.33 bits per heavy atom. The van der Waals surface area contributed by atoms with E-state index in [1.165, 1.54) is 11.3 Å². The Morgan fingerprint density at radius 3 is 2.92 bits per heavy atom. The van der Waals surface area contributed by atoms with Crippen molar-refractivity contribution in [2.45, 2.75) is 13.0 Å². The second-order valence-corrected chi connectivity index (χ2v) is 6.95. The van der Waals surface area contributed by atoms with Crippen molar-refractivity contribution in [2.24, 2.45) is 0 Å². The molecule has 1 aliphatic rings. The summed E-state index contributed by atoms with van der Waals surface area (Å²) in [7, 11) is 1.66. The maximum Gasteiger partial charge on any atom is 0.261 e. The molecule has 0 saturated carbocycles. The minimum absolute atomic E-state index is 0.00484. The Kier molecular flexibility index (Phi) is 6.20. The molecular formula is C18H24N2O3S. The highest BCUT2D eigenvalue weighted by atomic mass is 32.1. The number of methoxy groups -OCH3 is 1. The fourth-order valence-corrected chi connectivity index (χ4v) is 4.10. The standard InChI is InChI=1S/C18H24N2O3S/c1-22-13-15-14-5-2-3-6-16(14)24-17(15)18(21)19-7-4-8-20-9-11-23-12-10-20/h2-3,5-6H,4,7-13H2,1H3,(H,19,21). The molecule has 1 aromatic carbocycles. The summed E-state index contributed by atoms with van der Waals surface area (Å²) in [4.78, 5) is 15.7. The van der Waals surface area contributed by atoms with Crippen molar-refractivity contribution < 1.29 is 14.3 Å². The highest BCUT2D eigenvalue weighted by molar-refractivity contribution is 7.21. The molecule has 1 amide bonds. The Labute approximate surface area is 146 Å². The summed E-state index contributed by atoms with van der Waals surface area (Å²) in [5, 5.41) is 4.17. The van der Waals surface area contributed by atoms with E-state index in [2.05, 4.69) is 16.3 Å². The first-order chi connectivity index (χ1) is 11.8. The molecule has 0 unspecified atom stereocenters. The summed E-state index contributed by atoms with van der Waals surface area (Å²) >= 11 is 1.54. The lowest BCUT2D eigenvalue weighted by Gasteiger charge is -2.26. The number of fused-ring (bicyclic) bond motifs is 1. The third-order valence-electron chi connectivity index (χ3n) is 4.23. The van der Waals surface area contributed by atoms with E-state index in [1.807, 2.05) is 18.2 Å². The van der Waals surface area contributed by atoms with Gasteiger partial charge in [-0.25, -0.2) is 0 Å². The fraction of sp³-hybridized carbons (Fsp3) is 0.500. The average Bonchev–Trinajstić information content (AvgIpc) is 2.99. The number of ether oxygens (including phenoxy) is 2. The lowest BCUT2D eigenvalue weighted by molar-refractivity contribution is 0.0374. The maximum atomic E-state index is 12.6. The van der Waals surface area contributed by atoms with Crippen LogP contribution < -0.4 is 5.32 Å². The highest BCUT2D eigenvalue weighted by Crippen LogP contribution is 2.31. The van der Waals surface area contributed by atoms with Gasteiger partial charge in [-0.3, -0.25) is 9.69 Å². The Bertz CT molecular complexity index is 680. The zero-order valence-corrected chi connectivity index (χ0v) is 14.9. The number of amides is 1. The molecule has 5 nitrogen and oxygen atoms in total. The van der Waals surface area contributed by atoms with Gasteiger partial charge in [0.1, 0.15) is 0 Å². The van der Waals surface area contributed by atoms with E-state index >= 15 is 0 Å². The monoisotopic (exact) mass is 348 g/mol. The van der Waals surface area contributed by atoms with E-state index in [0.717, 1.165) is 59.8 Å². The molecule has 24 heavy (non-hydrogen) atoms. The van der Waals surface area contributed by atoms with Gasteiger partial charge in [0.05, 0.1) is 24.7 Å². The predicted molar refractivity (Wildman–Crippen MR) is 96.7 cm³/mol. The van der Waals surface area contributed by atoms with Crippen molar-refractivity contribution in [3.05, 3.63) is 34.7 Å². The van der Waals surface area contributed by atoms with Gasteiger partial charge in [0.25, 0.3) is 5.91 Å². The van der Waals surface area contributed by atoms with Crippen molar-refractivity contribution in [1.82, 2.24) is 10.2 Å². The van der Waals surface area contributed by atoms with Crippen molar-refractivity contribution >= 4 is 27.3 Å². The largest absolute Gasteiger partial charge is 0.380 e. The number of nitrogens with one attached hydrogen (secondary N) is 1. The molecule has 1 aromatic heterocycles. The highest BCUT2D eigenvalue weighted by Gasteiger charge is 2.18. The number of nitrogens with zero attached hydrogens (tertiary/aromatic N) is 1. The lowest BCUT2D eigenvalue weighted by atomic mass is 10.1. The topological polar surface area (TPSA) is 50.8 Å². The molecular weight excluding hydrogens is 324 g/mol. The van der Waals surface area contributed by atoms with Crippen LogP contribution in [0.2, 0.25) is 0 Å². The first kappa shape index (κ1) is 17.4. The van der Waals surface area contributed by atoms with Gasteiger partial charge < -0.3 is 14.8 Å². The third kappa shape index (κ3) is 4.13. The number of thiophene rings is 1. The predicted octanol–water partition coefficient (Wildman–Crippen LogP) is 2.50. The smallest absolute Gasteiger partial charge is 0.261 e. The molecule has 1 N–H and O–H groups in total. The number of rotatable bonds is 7. The van der Waals surface area contributed by atoms with Crippen LogP contribution in [0.15, 0.2) is 24.3 Å². The molecule has 1 fully saturated rings. The lowest BCUT2D eigenvalue weighted by Crippen LogP contribution is -2.38. The number of hydrogen-bond acceptors (Lipinski definition) is 5. The summed E-state index contributed by atoms with van der Waals surface area (Å²) in [6, 6.07) is 8.10. The molecule has 0 spiro atoms. The van der Waals surface area contributed by atoms with E-state index in [-0.39, 0.29) is 5.91 Å². The average molecular weight is 348 g/mol. The molecule has 1 saturated heterocycles. The van der Waals surface area contributed by atoms with Gasteiger partial charge in [-0.15, -0.1) is 11.3 Å². The van der Waals surface area contributed by atoms with Crippen LogP contribution in [0.3, 0.4) is 0 Å². The number of carbonyl (C=O) groups is 1. The van der Waals surface area contributed by atoms with E-state index in [4.69, 9.17) is 9.47 Å². The van der Waals surface area contributed by atoms with Crippen LogP contribution in [0, 0.1) is 0 Å². The van der Waals surface area contributed by atoms with Crippen LogP contribution in [0.4, 0.5) is 0 Å². The number of morpholine rings is 1. The van der Waals surface area contributed by atoms with Crippen LogP contribution in [-0.2, 0) is 16.1 Å². The molecule has 130 valence electrons. The molecule has 2 heterocycles. The van der Waals surface area contributed by atoms with Gasteiger partial charge in [-0.05, 0) is 24.4 Å². The number of carbonyl (C=O) groups excluding carboxylic acids is 1. The fourth-order valence-electron chi connectivity index (χ4n) is 2.98. The van der Waals surface area contributed by atoms with E-state index in [9.17, 15) is 4.79 Å². The molecule has 0 atom stereocenters. The molecule has 0 bridgehead atoms. The van der Waals surface area contributed by atoms with Crippen molar-refractivity contribution in [2.75, 3.05) is 46.5 Å². The van der Waals surface area contributed by atoms with Gasteiger partial charge in [0.15, 0.2) is 0 Å². The zero-order chi connectivity index (χ0) is 16.8. The first-order valence-electron chi connectivity index (χ1n) is 8.37. The minimum Gasteiger partial charge on any atom is -0.380 e. The van der Waals surface area contributed by atoms with Crippen molar-refractivity contribution in [1.29, 1.82) is 0 Å². The van der Waals surface area contributed by atoms with E-state index < -0.39 is 0 Å². The molecule has 0 aliphatic carbocycles. The van der Waals surface area contributed by atoms with Crippen molar-refractivity contribution in [3.8, 4) is 0 Å². The van der Waals surface area contributed by atoms with Crippen LogP contribution in [-0.4, -0.2) is 57.3 Å². The third-order valence-corrected chi connectivity index (χ3v) is 5.45. The van der Waals surface area contributed by atoms with Crippen LogP contribution >= 0.6 is 11.3 Å². The molecule has 1 aliphatic heterocycles. The van der Waals surface area contributed by atoms with E-state index in [1.54, 1.807) is 7.11 Å². The van der Waals surface area contributed by atoms with Gasteiger partial charge in [-0.2, -0.15) is 0 Å². The number of hydrogen-bond donors (Lipinski definition) is 1. The van der Waals surface area contributed by atoms with Gasteiger partial charge >= 0.3 is 0 Å². The van der Waals surface area contributed by atoms with Crippen LogP contribution in [0.5, 0.6) is 0 Å². The van der Waals surface area contributed by atoms with Gasteiger partial charge in [0.2, 0.25) is 0 Å². The van der Waals surface area contributed by atoms with Gasteiger partial charge in [-0.1, -0.05) is 18.2 Å². The molecule has 2 aromatic rings.